The zero-order valence-corrected chi connectivity index (χ0v) is 27.5. The van der Waals surface area contributed by atoms with E-state index in [1.807, 2.05) is 26.8 Å². The summed E-state index contributed by atoms with van der Waals surface area (Å²) in [5.74, 6) is -3.82. The summed E-state index contributed by atoms with van der Waals surface area (Å²) in [7, 11) is 0. The number of Topliss-reactive ketones (excluding diaryl/α,β-unsaturated/α-hetero) is 2. The van der Waals surface area contributed by atoms with E-state index in [9.17, 15) is 40.2 Å². The minimum Gasteiger partial charge on any atom is -0.508 e. The second kappa shape index (κ2) is 12.0. The monoisotopic (exact) mass is 676 g/mol. The highest BCUT2D eigenvalue weighted by Gasteiger charge is 2.43. The molecule has 0 aromatic heterocycles. The van der Waals surface area contributed by atoms with Gasteiger partial charge >= 0.3 is 0 Å². The van der Waals surface area contributed by atoms with Crippen LogP contribution in [0, 0.1) is 5.92 Å². The molecule has 0 fully saturated rings. The van der Waals surface area contributed by atoms with Gasteiger partial charge in [-0.2, -0.15) is 0 Å². The Hall–Kier alpha value is -5.74. The van der Waals surface area contributed by atoms with Crippen molar-refractivity contribution >= 4 is 17.6 Å². The Labute approximate surface area is 287 Å². The van der Waals surface area contributed by atoms with Crippen molar-refractivity contribution in [2.75, 3.05) is 0 Å². The molecule has 7 rings (SSSR count). The molecule has 2 heterocycles. The van der Waals surface area contributed by atoms with E-state index in [0.29, 0.717) is 28.9 Å². The molecule has 4 aromatic rings. The second-order valence-corrected chi connectivity index (χ2v) is 13.7. The average Bonchev–Trinajstić information content (AvgIpc) is 3.05. The van der Waals surface area contributed by atoms with Gasteiger partial charge in [0.15, 0.2) is 23.8 Å². The third kappa shape index (κ3) is 5.61. The van der Waals surface area contributed by atoms with Gasteiger partial charge in [0.1, 0.15) is 45.8 Å². The van der Waals surface area contributed by atoms with Crippen molar-refractivity contribution in [3.05, 3.63) is 118 Å². The van der Waals surface area contributed by atoms with Crippen LogP contribution in [0.15, 0.2) is 84.5 Å². The summed E-state index contributed by atoms with van der Waals surface area (Å²) in [6, 6.07) is 15.9. The molecule has 3 aliphatic rings. The first-order valence-electron chi connectivity index (χ1n) is 16.2. The van der Waals surface area contributed by atoms with Crippen molar-refractivity contribution < 1.29 is 49.7 Å². The third-order valence-corrected chi connectivity index (χ3v) is 9.79. The lowest BCUT2D eigenvalue weighted by molar-refractivity contribution is 0.0207. The lowest BCUT2D eigenvalue weighted by Gasteiger charge is -2.38. The molecular formula is C40H36O10. The molecule has 256 valence electrons. The van der Waals surface area contributed by atoms with Crippen molar-refractivity contribution in [3.63, 3.8) is 0 Å². The SMILES string of the molecule is CC1=C[C@H](c2ccc(O)c([C@H]3Oc4cc(O)ccc4C(=O)[C@@H]3O)c2)[C@@H](C(=O)c2ccc3c(c2O)C=CC(C)(C)O3)[C@@H](c2ccc(O)cc2O)C1. The summed E-state index contributed by atoms with van der Waals surface area (Å²) >= 11 is 0. The van der Waals surface area contributed by atoms with Gasteiger partial charge in [-0.3, -0.25) is 9.59 Å². The molecule has 0 bridgehead atoms. The van der Waals surface area contributed by atoms with E-state index in [1.54, 1.807) is 36.4 Å². The summed E-state index contributed by atoms with van der Waals surface area (Å²) < 4.78 is 12.0. The number of allylic oxidation sites excluding steroid dienone is 2. The van der Waals surface area contributed by atoms with Crippen molar-refractivity contribution in [1.29, 1.82) is 0 Å². The van der Waals surface area contributed by atoms with Gasteiger partial charge in [-0.05, 0) is 92.9 Å². The molecule has 4 aromatic carbocycles. The molecule has 10 nitrogen and oxygen atoms in total. The van der Waals surface area contributed by atoms with Crippen LogP contribution in [0.2, 0.25) is 0 Å². The lowest BCUT2D eigenvalue weighted by Crippen LogP contribution is -2.36. The average molecular weight is 677 g/mol. The van der Waals surface area contributed by atoms with Crippen molar-refractivity contribution in [1.82, 2.24) is 0 Å². The lowest BCUT2D eigenvalue weighted by atomic mass is 9.65. The van der Waals surface area contributed by atoms with Crippen molar-refractivity contribution in [2.45, 2.75) is 56.8 Å². The first kappa shape index (κ1) is 32.8. The molecular weight excluding hydrogens is 640 g/mol. The van der Waals surface area contributed by atoms with Crippen LogP contribution in [0.3, 0.4) is 0 Å². The van der Waals surface area contributed by atoms with E-state index in [2.05, 4.69) is 0 Å². The zero-order chi connectivity index (χ0) is 35.6. The number of carbonyl (C=O) groups is 2. The van der Waals surface area contributed by atoms with E-state index in [4.69, 9.17) is 9.47 Å². The van der Waals surface area contributed by atoms with Gasteiger partial charge in [-0.25, -0.2) is 0 Å². The minimum atomic E-state index is -1.68. The number of hydrogen-bond acceptors (Lipinski definition) is 10. The van der Waals surface area contributed by atoms with Gasteiger partial charge in [-0.15, -0.1) is 0 Å². The molecule has 0 radical (unpaired) electrons. The molecule has 6 N–H and O–H groups in total. The highest BCUT2D eigenvalue weighted by molar-refractivity contribution is 6.04. The fourth-order valence-electron chi connectivity index (χ4n) is 7.37. The van der Waals surface area contributed by atoms with Crippen molar-refractivity contribution in [2.24, 2.45) is 5.92 Å². The molecule has 1 aliphatic carbocycles. The fourth-order valence-corrected chi connectivity index (χ4v) is 7.37. The van der Waals surface area contributed by atoms with Gasteiger partial charge in [0, 0.05) is 35.4 Å². The van der Waals surface area contributed by atoms with E-state index in [1.165, 1.54) is 42.5 Å². The number of aromatic hydroxyl groups is 5. The van der Waals surface area contributed by atoms with Crippen LogP contribution in [0.25, 0.3) is 6.08 Å². The summed E-state index contributed by atoms with van der Waals surface area (Å²) in [4.78, 5) is 28.0. The predicted octanol–water partition coefficient (Wildman–Crippen LogP) is 6.79. The number of fused-ring (bicyclic) bond motifs is 2. The van der Waals surface area contributed by atoms with Crippen LogP contribution in [0.1, 0.15) is 88.1 Å². The van der Waals surface area contributed by atoms with E-state index in [0.717, 1.165) is 5.57 Å². The maximum atomic E-state index is 14.8. The number of phenolic OH excluding ortho intramolecular Hbond substituents is 5. The second-order valence-electron chi connectivity index (χ2n) is 13.7. The van der Waals surface area contributed by atoms with Crippen LogP contribution in [-0.4, -0.2) is 53.9 Å². The van der Waals surface area contributed by atoms with E-state index < -0.39 is 47.1 Å². The zero-order valence-electron chi connectivity index (χ0n) is 27.5. The Balaban J connectivity index is 1.36. The first-order valence-corrected chi connectivity index (χ1v) is 16.2. The number of carbonyl (C=O) groups excluding carboxylic acids is 2. The fraction of sp³-hybridized carbons (Fsp3) is 0.250. The number of benzene rings is 4. The largest absolute Gasteiger partial charge is 0.508 e. The number of rotatable bonds is 5. The topological polar surface area (TPSA) is 174 Å². The van der Waals surface area contributed by atoms with E-state index >= 15 is 0 Å². The Morgan fingerprint density at radius 2 is 1.58 bits per heavy atom. The number of phenols is 5. The first-order chi connectivity index (χ1) is 23.7. The molecule has 0 spiro atoms. The standard InChI is InChI=1S/C40H36O10/c1-19-14-27(20-4-10-30(43)29(16-20)39-38(48)37(47)24-8-6-22(42)18-33(24)49-39)34(28(15-19)23-7-5-21(41)17-31(23)44)36(46)26-9-11-32-25(35(26)45)12-13-40(2,3)50-32/h4-14,16-18,27-28,34,38-39,41-45,48H,15H2,1-3H3/t27-,28-,34-,38+,39-/m1/s1. The molecule has 50 heavy (non-hydrogen) atoms. The van der Waals surface area contributed by atoms with Gasteiger partial charge < -0.3 is 40.1 Å². The predicted molar refractivity (Wildman–Crippen MR) is 183 cm³/mol. The maximum absolute atomic E-state index is 14.8. The maximum Gasteiger partial charge on any atom is 0.199 e. The Morgan fingerprint density at radius 3 is 2.34 bits per heavy atom. The molecule has 5 atom stereocenters. The summed E-state index contributed by atoms with van der Waals surface area (Å²) in [6.45, 7) is 5.65. The number of ether oxygens (including phenoxy) is 2. The Morgan fingerprint density at radius 1 is 0.840 bits per heavy atom. The normalized spacial score (nSPS) is 23.6. The number of aliphatic hydroxyl groups excluding tert-OH is 1. The minimum absolute atomic E-state index is 0.0451. The van der Waals surface area contributed by atoms with Crippen LogP contribution in [0.5, 0.6) is 40.2 Å². The molecule has 10 heteroatoms. The van der Waals surface area contributed by atoms with Crippen LogP contribution >= 0.6 is 0 Å². The third-order valence-electron chi connectivity index (χ3n) is 9.79. The molecule has 0 unspecified atom stereocenters. The number of hydrogen-bond donors (Lipinski definition) is 6. The quantitative estimate of drug-likeness (QED) is 0.0975. The summed E-state index contributed by atoms with van der Waals surface area (Å²) in [5.41, 5.74) is 1.84. The van der Waals surface area contributed by atoms with E-state index in [-0.39, 0.29) is 51.2 Å². The highest BCUT2D eigenvalue weighted by Crippen LogP contribution is 2.51. The molecule has 0 amide bonds. The van der Waals surface area contributed by atoms with Crippen LogP contribution < -0.4 is 9.47 Å². The van der Waals surface area contributed by atoms with Gasteiger partial charge in [0.2, 0.25) is 0 Å². The highest BCUT2D eigenvalue weighted by atomic mass is 16.5. The smallest absolute Gasteiger partial charge is 0.199 e. The number of ketones is 2. The summed E-state index contributed by atoms with van der Waals surface area (Å²) in [6.07, 6.45) is 2.79. The molecule has 2 aliphatic heterocycles. The Kier molecular flexibility index (Phi) is 7.87. The van der Waals surface area contributed by atoms with Crippen LogP contribution in [-0.2, 0) is 0 Å². The Bertz CT molecular complexity index is 2130. The van der Waals surface area contributed by atoms with Crippen molar-refractivity contribution in [3.8, 4) is 40.2 Å². The molecule has 0 saturated heterocycles. The number of aliphatic hydroxyl groups is 1. The molecule has 0 saturated carbocycles. The van der Waals surface area contributed by atoms with Gasteiger partial charge in [0.25, 0.3) is 0 Å². The van der Waals surface area contributed by atoms with Crippen LogP contribution in [0.4, 0.5) is 0 Å². The van der Waals surface area contributed by atoms with Gasteiger partial charge in [-0.1, -0.05) is 23.8 Å². The van der Waals surface area contributed by atoms with Gasteiger partial charge in [0.05, 0.1) is 16.7 Å². The summed E-state index contributed by atoms with van der Waals surface area (Å²) in [5, 5.41) is 64.7.